The minimum atomic E-state index is -0.213. The van der Waals surface area contributed by atoms with Crippen LogP contribution in [-0.4, -0.2) is 24.6 Å². The highest BCUT2D eigenvalue weighted by molar-refractivity contribution is 5.99. The number of hydrogen-bond donors (Lipinski definition) is 2. The number of rotatable bonds is 3. The van der Waals surface area contributed by atoms with Crippen molar-refractivity contribution >= 4 is 24.4 Å². The quantitative estimate of drug-likeness (QED) is 0.900. The molecule has 0 atom stereocenters. The van der Waals surface area contributed by atoms with Crippen LogP contribution in [0.15, 0.2) is 29.8 Å². The van der Waals surface area contributed by atoms with Crippen LogP contribution in [0.4, 0.5) is 0 Å². The Bertz CT molecular complexity index is 551. The molecule has 1 saturated carbocycles. The summed E-state index contributed by atoms with van der Waals surface area (Å²) in [6.07, 6.45) is 6.12. The number of halogens is 1. The molecule has 114 valence electrons. The predicted molar refractivity (Wildman–Crippen MR) is 85.6 cm³/mol. The summed E-state index contributed by atoms with van der Waals surface area (Å²) in [6.45, 7) is 0.826. The van der Waals surface area contributed by atoms with E-state index in [-0.39, 0.29) is 23.9 Å². The molecule has 4 nitrogen and oxygen atoms in total. The Morgan fingerprint density at radius 2 is 2.00 bits per heavy atom. The van der Waals surface area contributed by atoms with Gasteiger partial charge in [-0.25, -0.2) is 0 Å². The van der Waals surface area contributed by atoms with Crippen molar-refractivity contribution in [3.63, 3.8) is 0 Å². The molecule has 0 saturated heterocycles. The lowest BCUT2D eigenvalue weighted by molar-refractivity contribution is -0.119. The van der Waals surface area contributed by atoms with E-state index >= 15 is 0 Å². The van der Waals surface area contributed by atoms with Crippen LogP contribution < -0.4 is 15.8 Å². The van der Waals surface area contributed by atoms with Gasteiger partial charge in [0.2, 0.25) is 0 Å². The fraction of sp³-hybridized carbons (Fsp3) is 0.438. The minimum Gasteiger partial charge on any atom is -0.488 e. The number of ether oxygens (including phenoxy) is 1. The number of carbonyl (C=O) groups excluding carboxylic acids is 1. The lowest BCUT2D eigenvalue weighted by atomic mass is 9.96. The van der Waals surface area contributed by atoms with Crippen molar-refractivity contribution in [1.29, 1.82) is 0 Å². The zero-order valence-corrected chi connectivity index (χ0v) is 12.7. The molecule has 1 aliphatic heterocycles. The number of carbonyl (C=O) groups is 1. The lowest BCUT2D eigenvalue weighted by Crippen LogP contribution is -2.52. The highest BCUT2D eigenvalue weighted by atomic mass is 35.5. The van der Waals surface area contributed by atoms with Gasteiger partial charge >= 0.3 is 0 Å². The first-order valence-electron chi connectivity index (χ1n) is 7.17. The van der Waals surface area contributed by atoms with Crippen molar-refractivity contribution in [3.8, 4) is 5.75 Å². The van der Waals surface area contributed by atoms with Gasteiger partial charge in [-0.1, -0.05) is 31.0 Å². The first kappa shape index (κ1) is 15.9. The average molecular weight is 309 g/mol. The van der Waals surface area contributed by atoms with Crippen LogP contribution >= 0.6 is 12.4 Å². The molecule has 2 aliphatic rings. The maximum Gasteiger partial charge on any atom is 0.251 e. The Hall–Kier alpha value is -1.52. The molecule has 1 amide bonds. The zero-order valence-electron chi connectivity index (χ0n) is 11.9. The molecule has 1 heterocycles. The second-order valence-corrected chi connectivity index (χ2v) is 5.64. The van der Waals surface area contributed by atoms with Crippen LogP contribution in [0.3, 0.4) is 0 Å². The van der Waals surface area contributed by atoms with Gasteiger partial charge in [-0.2, -0.15) is 0 Å². The van der Waals surface area contributed by atoms with E-state index in [1.165, 1.54) is 0 Å². The van der Waals surface area contributed by atoms with Crippen LogP contribution in [0, 0.1) is 0 Å². The van der Waals surface area contributed by atoms with E-state index in [1.807, 2.05) is 30.3 Å². The Balaban J connectivity index is 0.00000161. The van der Waals surface area contributed by atoms with Crippen LogP contribution in [0.25, 0.3) is 6.08 Å². The third-order valence-corrected chi connectivity index (χ3v) is 4.25. The summed E-state index contributed by atoms with van der Waals surface area (Å²) in [5, 5.41) is 3.13. The third-order valence-electron chi connectivity index (χ3n) is 4.25. The molecule has 21 heavy (non-hydrogen) atoms. The number of benzene rings is 1. The SMILES string of the molecule is Cl.NCC1(NC(=O)C2=Cc3ccccc3OC2)CCCC1. The first-order valence-corrected chi connectivity index (χ1v) is 7.17. The van der Waals surface area contributed by atoms with E-state index in [9.17, 15) is 4.79 Å². The van der Waals surface area contributed by atoms with E-state index in [4.69, 9.17) is 10.5 Å². The first-order chi connectivity index (χ1) is 9.72. The monoisotopic (exact) mass is 308 g/mol. The Morgan fingerprint density at radius 1 is 1.29 bits per heavy atom. The summed E-state index contributed by atoms with van der Waals surface area (Å²) in [7, 11) is 0. The van der Waals surface area contributed by atoms with E-state index < -0.39 is 0 Å². The molecule has 0 radical (unpaired) electrons. The molecule has 0 bridgehead atoms. The molecule has 1 aliphatic carbocycles. The number of hydrogen-bond acceptors (Lipinski definition) is 3. The molecule has 3 N–H and O–H groups in total. The fourth-order valence-corrected chi connectivity index (χ4v) is 3.00. The van der Waals surface area contributed by atoms with E-state index in [2.05, 4.69) is 5.32 Å². The Labute approximate surface area is 131 Å². The van der Waals surface area contributed by atoms with Gasteiger partial charge in [-0.15, -0.1) is 12.4 Å². The van der Waals surface area contributed by atoms with Gasteiger partial charge in [0.1, 0.15) is 12.4 Å². The lowest BCUT2D eigenvalue weighted by Gasteiger charge is -2.29. The standard InChI is InChI=1S/C16H20N2O2.ClH/c17-11-16(7-3-4-8-16)18-15(19)13-9-12-5-1-2-6-14(12)20-10-13;/h1-2,5-6,9H,3-4,7-8,10-11,17H2,(H,18,19);1H. The van der Waals surface area contributed by atoms with Gasteiger partial charge in [-0.3, -0.25) is 4.79 Å². The molecule has 5 heteroatoms. The summed E-state index contributed by atoms with van der Waals surface area (Å²) in [5.74, 6) is 0.783. The van der Waals surface area contributed by atoms with Crippen molar-refractivity contribution in [2.45, 2.75) is 31.2 Å². The summed E-state index contributed by atoms with van der Waals surface area (Å²) in [5.41, 5.74) is 7.27. The molecule has 0 unspecified atom stereocenters. The maximum atomic E-state index is 12.4. The van der Waals surface area contributed by atoms with Gasteiger partial charge in [0, 0.05) is 12.1 Å². The van der Waals surface area contributed by atoms with Gasteiger partial charge < -0.3 is 15.8 Å². The maximum absolute atomic E-state index is 12.4. The minimum absolute atomic E-state index is 0. The van der Waals surface area contributed by atoms with Crippen molar-refractivity contribution in [1.82, 2.24) is 5.32 Å². The smallest absolute Gasteiger partial charge is 0.251 e. The Morgan fingerprint density at radius 3 is 2.71 bits per heavy atom. The van der Waals surface area contributed by atoms with Crippen LogP contribution in [0.5, 0.6) is 5.75 Å². The zero-order chi connectivity index (χ0) is 14.0. The largest absolute Gasteiger partial charge is 0.488 e. The molecule has 3 rings (SSSR count). The van der Waals surface area contributed by atoms with Gasteiger partial charge in [0.05, 0.1) is 11.1 Å². The summed E-state index contributed by atoms with van der Waals surface area (Å²) < 4.78 is 5.63. The molecule has 1 aromatic rings. The normalized spacial score (nSPS) is 18.8. The number of fused-ring (bicyclic) bond motifs is 1. The van der Waals surface area contributed by atoms with Crippen LogP contribution in [0.1, 0.15) is 31.2 Å². The van der Waals surface area contributed by atoms with Crippen molar-refractivity contribution < 1.29 is 9.53 Å². The number of nitrogens with one attached hydrogen (secondary N) is 1. The number of para-hydroxylation sites is 1. The number of amides is 1. The average Bonchev–Trinajstić information content (AvgIpc) is 2.96. The van der Waals surface area contributed by atoms with Gasteiger partial charge in [0.25, 0.3) is 5.91 Å². The molecule has 1 fully saturated rings. The van der Waals surface area contributed by atoms with Crippen LogP contribution in [0.2, 0.25) is 0 Å². The molecule has 0 spiro atoms. The third kappa shape index (κ3) is 3.22. The fourth-order valence-electron chi connectivity index (χ4n) is 3.00. The molecular weight excluding hydrogens is 288 g/mol. The predicted octanol–water partition coefficient (Wildman–Crippen LogP) is 2.27. The van der Waals surface area contributed by atoms with Crippen molar-refractivity contribution in [2.24, 2.45) is 5.73 Å². The topological polar surface area (TPSA) is 64.3 Å². The molecular formula is C16H21ClN2O2. The second kappa shape index (κ2) is 6.50. The van der Waals surface area contributed by atoms with Crippen LogP contribution in [-0.2, 0) is 4.79 Å². The Kier molecular flexibility index (Phi) is 4.91. The van der Waals surface area contributed by atoms with E-state index in [0.29, 0.717) is 18.7 Å². The van der Waals surface area contributed by atoms with E-state index in [0.717, 1.165) is 37.0 Å². The summed E-state index contributed by atoms with van der Waals surface area (Å²) in [4.78, 5) is 12.4. The number of nitrogens with two attached hydrogens (primary N) is 1. The highest BCUT2D eigenvalue weighted by Gasteiger charge is 2.34. The van der Waals surface area contributed by atoms with Crippen molar-refractivity contribution in [3.05, 3.63) is 35.4 Å². The van der Waals surface area contributed by atoms with Gasteiger partial charge in [0.15, 0.2) is 0 Å². The highest BCUT2D eigenvalue weighted by Crippen LogP contribution is 2.30. The van der Waals surface area contributed by atoms with Gasteiger partial charge in [-0.05, 0) is 25.0 Å². The summed E-state index contributed by atoms with van der Waals surface area (Å²) in [6, 6.07) is 7.74. The van der Waals surface area contributed by atoms with E-state index in [1.54, 1.807) is 0 Å². The summed E-state index contributed by atoms with van der Waals surface area (Å²) >= 11 is 0. The molecule has 1 aromatic carbocycles. The van der Waals surface area contributed by atoms with Crippen molar-refractivity contribution in [2.75, 3.05) is 13.2 Å². The molecule has 0 aromatic heterocycles. The second-order valence-electron chi connectivity index (χ2n) is 5.64.